The molecule has 102 valence electrons. The summed E-state index contributed by atoms with van der Waals surface area (Å²) in [5.41, 5.74) is 0. The zero-order chi connectivity index (χ0) is 13.7. The number of hydrogen-bond donors (Lipinski definition) is 1. The van der Waals surface area contributed by atoms with Crippen molar-refractivity contribution >= 4 is 17.7 Å². The van der Waals surface area contributed by atoms with E-state index in [4.69, 9.17) is 9.84 Å². The first kappa shape index (κ1) is 14.7. The number of carbonyl (C=O) groups excluding carboxylic acids is 2. The van der Waals surface area contributed by atoms with Gasteiger partial charge < -0.3 is 9.84 Å². The fourth-order valence-corrected chi connectivity index (χ4v) is 2.41. The highest BCUT2D eigenvalue weighted by atomic mass is 16.5. The molecule has 3 atom stereocenters. The number of aliphatic carboxylic acids is 1. The molecule has 3 unspecified atom stereocenters. The van der Waals surface area contributed by atoms with E-state index in [0.29, 0.717) is 12.8 Å². The van der Waals surface area contributed by atoms with Crippen LogP contribution in [0.4, 0.5) is 0 Å². The first-order valence-electron chi connectivity index (χ1n) is 6.34. The molecule has 0 radical (unpaired) electrons. The van der Waals surface area contributed by atoms with E-state index in [0.717, 1.165) is 12.8 Å². The lowest BCUT2D eigenvalue weighted by Crippen LogP contribution is -2.41. The van der Waals surface area contributed by atoms with Crippen LogP contribution in [0.1, 0.15) is 46.0 Å². The van der Waals surface area contributed by atoms with Gasteiger partial charge in [-0.2, -0.15) is 0 Å². The number of hydrogen-bond acceptors (Lipinski definition) is 4. The summed E-state index contributed by atoms with van der Waals surface area (Å²) in [7, 11) is 0. The van der Waals surface area contributed by atoms with Crippen LogP contribution in [-0.4, -0.2) is 28.9 Å². The van der Waals surface area contributed by atoms with Crippen LogP contribution in [0.3, 0.4) is 0 Å². The van der Waals surface area contributed by atoms with Crippen molar-refractivity contribution in [1.82, 2.24) is 0 Å². The molecule has 1 saturated carbocycles. The van der Waals surface area contributed by atoms with Crippen LogP contribution in [0.2, 0.25) is 0 Å². The number of Topliss-reactive ketones (excluding diaryl/α,β-unsaturated/α-hetero) is 1. The van der Waals surface area contributed by atoms with Gasteiger partial charge in [-0.05, 0) is 25.7 Å². The Morgan fingerprint density at radius 1 is 1.39 bits per heavy atom. The van der Waals surface area contributed by atoms with Crippen molar-refractivity contribution in [3.8, 4) is 0 Å². The van der Waals surface area contributed by atoms with Crippen molar-refractivity contribution in [2.24, 2.45) is 11.8 Å². The lowest BCUT2D eigenvalue weighted by molar-refractivity contribution is -0.160. The van der Waals surface area contributed by atoms with Gasteiger partial charge in [0.15, 0.2) is 11.9 Å². The van der Waals surface area contributed by atoms with Crippen molar-refractivity contribution in [3.05, 3.63) is 0 Å². The summed E-state index contributed by atoms with van der Waals surface area (Å²) in [4.78, 5) is 33.5. The normalized spacial score (nSPS) is 27.9. The molecule has 0 amide bonds. The van der Waals surface area contributed by atoms with Crippen LogP contribution < -0.4 is 0 Å². The fraction of sp³-hybridized carbons (Fsp3) is 0.769. The highest BCUT2D eigenvalue weighted by Gasteiger charge is 2.37. The molecular weight excluding hydrogens is 236 g/mol. The predicted molar refractivity (Wildman–Crippen MR) is 63.9 cm³/mol. The number of rotatable bonds is 5. The Kier molecular flexibility index (Phi) is 5.31. The second kappa shape index (κ2) is 6.52. The maximum Gasteiger partial charge on any atom is 0.303 e. The third-order valence-electron chi connectivity index (χ3n) is 3.41. The smallest absolute Gasteiger partial charge is 0.303 e. The summed E-state index contributed by atoms with van der Waals surface area (Å²) in [5, 5.41) is 8.57. The molecule has 1 aliphatic carbocycles. The Balaban J connectivity index is 2.53. The molecule has 0 spiro atoms. The van der Waals surface area contributed by atoms with Crippen LogP contribution in [0.25, 0.3) is 0 Å². The minimum absolute atomic E-state index is 0.0469. The highest BCUT2D eigenvalue weighted by Crippen LogP contribution is 2.31. The van der Waals surface area contributed by atoms with Gasteiger partial charge >= 0.3 is 11.9 Å². The Hall–Kier alpha value is -1.39. The van der Waals surface area contributed by atoms with Gasteiger partial charge in [0.1, 0.15) is 0 Å². The molecule has 0 saturated heterocycles. The van der Waals surface area contributed by atoms with Crippen molar-refractivity contribution in [1.29, 1.82) is 0 Å². The number of esters is 1. The lowest BCUT2D eigenvalue weighted by atomic mass is 9.77. The lowest BCUT2D eigenvalue weighted by Gasteiger charge is -2.32. The van der Waals surface area contributed by atoms with E-state index in [1.165, 1.54) is 6.92 Å². The van der Waals surface area contributed by atoms with Gasteiger partial charge in [0, 0.05) is 25.2 Å². The number of ketones is 1. The molecule has 0 aromatic heterocycles. The van der Waals surface area contributed by atoms with Crippen molar-refractivity contribution in [2.75, 3.05) is 0 Å². The van der Waals surface area contributed by atoms with E-state index >= 15 is 0 Å². The van der Waals surface area contributed by atoms with Crippen LogP contribution in [0.15, 0.2) is 0 Å². The number of carboxylic acids is 1. The third-order valence-corrected chi connectivity index (χ3v) is 3.41. The molecule has 18 heavy (non-hydrogen) atoms. The molecule has 0 bridgehead atoms. The summed E-state index contributed by atoms with van der Waals surface area (Å²) >= 11 is 0. The first-order chi connectivity index (χ1) is 8.41. The molecule has 1 rings (SSSR count). The largest absolute Gasteiger partial charge is 0.481 e. The highest BCUT2D eigenvalue weighted by molar-refractivity contribution is 5.88. The van der Waals surface area contributed by atoms with E-state index in [9.17, 15) is 14.4 Å². The molecule has 1 fully saturated rings. The van der Waals surface area contributed by atoms with Crippen molar-refractivity contribution in [3.63, 3.8) is 0 Å². The Morgan fingerprint density at radius 3 is 2.61 bits per heavy atom. The summed E-state index contributed by atoms with van der Waals surface area (Å²) in [5.74, 6) is -1.44. The molecule has 0 aromatic carbocycles. The minimum atomic E-state index is -0.844. The van der Waals surface area contributed by atoms with Crippen LogP contribution in [0.5, 0.6) is 0 Å². The van der Waals surface area contributed by atoms with Crippen LogP contribution in [0, 0.1) is 11.8 Å². The molecule has 1 N–H and O–H groups in total. The van der Waals surface area contributed by atoms with E-state index in [1.54, 1.807) is 0 Å². The number of carboxylic acid groups (broad SMARTS) is 1. The van der Waals surface area contributed by atoms with E-state index in [1.807, 2.05) is 6.92 Å². The van der Waals surface area contributed by atoms with Gasteiger partial charge in [0.2, 0.25) is 0 Å². The monoisotopic (exact) mass is 256 g/mol. The van der Waals surface area contributed by atoms with Gasteiger partial charge in [0.05, 0.1) is 0 Å². The van der Waals surface area contributed by atoms with E-state index < -0.39 is 18.0 Å². The molecule has 5 nitrogen and oxygen atoms in total. The van der Waals surface area contributed by atoms with Gasteiger partial charge in [0.25, 0.3) is 0 Å². The minimum Gasteiger partial charge on any atom is -0.481 e. The summed E-state index contributed by atoms with van der Waals surface area (Å²) in [6.45, 7) is 3.20. The molecule has 0 aliphatic heterocycles. The maximum atomic E-state index is 12.1. The van der Waals surface area contributed by atoms with Gasteiger partial charge in [-0.3, -0.25) is 14.4 Å². The number of carbonyl (C=O) groups is 3. The van der Waals surface area contributed by atoms with Crippen LogP contribution >= 0.6 is 0 Å². The quantitative estimate of drug-likeness (QED) is 0.758. The van der Waals surface area contributed by atoms with Gasteiger partial charge in [-0.1, -0.05) is 6.92 Å². The Morgan fingerprint density at radius 2 is 2.06 bits per heavy atom. The molecular formula is C13H20O5. The molecule has 0 heterocycles. The van der Waals surface area contributed by atoms with Crippen molar-refractivity contribution in [2.45, 2.75) is 52.1 Å². The average molecular weight is 256 g/mol. The standard InChI is InChI=1S/C13H20O5/c1-8-6-7-10(4-3-5-11(15)16)12(17)13(8)18-9(2)14/h8,10,13H,3-7H2,1-2H3,(H,15,16). The summed E-state index contributed by atoms with van der Waals surface area (Å²) < 4.78 is 5.07. The zero-order valence-electron chi connectivity index (χ0n) is 10.8. The SMILES string of the molecule is CC(=O)OC1C(=O)C(CCCC(=O)O)CCC1C. The first-order valence-corrected chi connectivity index (χ1v) is 6.34. The molecule has 1 aliphatic rings. The van der Waals surface area contributed by atoms with Gasteiger partial charge in [-0.15, -0.1) is 0 Å². The second-order valence-corrected chi connectivity index (χ2v) is 4.97. The second-order valence-electron chi connectivity index (χ2n) is 4.97. The maximum absolute atomic E-state index is 12.1. The fourth-order valence-electron chi connectivity index (χ4n) is 2.41. The molecule has 5 heteroatoms. The predicted octanol–water partition coefficient (Wildman–Crippen LogP) is 1.79. The average Bonchev–Trinajstić information content (AvgIpc) is 2.26. The topological polar surface area (TPSA) is 80.7 Å². The number of ether oxygens (including phenoxy) is 1. The summed E-state index contributed by atoms with van der Waals surface area (Å²) in [6, 6.07) is 0. The van der Waals surface area contributed by atoms with Crippen molar-refractivity contribution < 1.29 is 24.2 Å². The van der Waals surface area contributed by atoms with E-state index in [-0.39, 0.29) is 24.0 Å². The summed E-state index contributed by atoms with van der Waals surface area (Å²) in [6.07, 6.45) is 2.09. The van der Waals surface area contributed by atoms with Gasteiger partial charge in [-0.25, -0.2) is 0 Å². The Bertz CT molecular complexity index is 336. The zero-order valence-corrected chi connectivity index (χ0v) is 10.8. The molecule has 0 aromatic rings. The Labute approximate surface area is 107 Å². The van der Waals surface area contributed by atoms with Crippen LogP contribution in [-0.2, 0) is 19.1 Å². The third kappa shape index (κ3) is 4.13. The van der Waals surface area contributed by atoms with E-state index in [2.05, 4.69) is 0 Å².